The fourth-order valence-corrected chi connectivity index (χ4v) is 3.96. The molecule has 4 aromatic rings. The van der Waals surface area contributed by atoms with Crippen LogP contribution in [0.25, 0.3) is 11.0 Å². The second-order valence-electron chi connectivity index (χ2n) is 7.31. The Labute approximate surface area is 181 Å². The molecule has 2 aromatic heterocycles. The molecule has 0 aliphatic carbocycles. The molecule has 3 heterocycles. The number of Topliss-reactive ketones (excluding diaryl/α,β-unsaturated/α-hetero) is 1. The molecule has 1 unspecified atom stereocenters. The highest BCUT2D eigenvalue weighted by Crippen LogP contribution is 2.42. The van der Waals surface area contributed by atoms with Crippen molar-refractivity contribution in [3.63, 3.8) is 0 Å². The normalized spacial score (nSPS) is 16.5. The number of aliphatic hydroxyl groups is 1. The van der Waals surface area contributed by atoms with E-state index in [1.54, 1.807) is 48.5 Å². The predicted octanol–water partition coefficient (Wildman–Crippen LogP) is 5.77. The first-order valence-corrected chi connectivity index (χ1v) is 9.92. The highest BCUT2D eigenvalue weighted by Gasteiger charge is 2.46. The zero-order chi connectivity index (χ0) is 21.7. The summed E-state index contributed by atoms with van der Waals surface area (Å²) in [5.41, 5.74) is 1.91. The van der Waals surface area contributed by atoms with Gasteiger partial charge in [-0.25, -0.2) is 0 Å². The summed E-state index contributed by atoms with van der Waals surface area (Å²) in [7, 11) is 0. The zero-order valence-corrected chi connectivity index (χ0v) is 17.1. The second kappa shape index (κ2) is 7.18. The third-order valence-corrected chi connectivity index (χ3v) is 5.51. The van der Waals surface area contributed by atoms with Crippen LogP contribution in [0.15, 0.2) is 87.1 Å². The lowest BCUT2D eigenvalue weighted by Crippen LogP contribution is -2.30. The lowest BCUT2D eigenvalue weighted by atomic mass is 9.99. The molecule has 7 heteroatoms. The maximum Gasteiger partial charge on any atom is 0.294 e. The number of hydrogen-bond acceptors (Lipinski definition) is 5. The van der Waals surface area contributed by atoms with Gasteiger partial charge in [-0.15, -0.1) is 0 Å². The van der Waals surface area contributed by atoms with Crippen molar-refractivity contribution in [3.05, 3.63) is 100 Å². The van der Waals surface area contributed by atoms with Gasteiger partial charge in [0.2, 0.25) is 5.78 Å². The van der Waals surface area contributed by atoms with Gasteiger partial charge in [-0.1, -0.05) is 29.3 Å². The smallest absolute Gasteiger partial charge is 0.294 e. The number of amides is 1. The Morgan fingerprint density at radius 1 is 1.10 bits per heavy atom. The van der Waals surface area contributed by atoms with Crippen LogP contribution in [-0.4, -0.2) is 16.8 Å². The molecule has 0 saturated heterocycles. The fraction of sp³-hybridized carbons (Fsp3) is 0.0833. The summed E-state index contributed by atoms with van der Waals surface area (Å²) >= 11 is 6.03. The quantitative estimate of drug-likeness (QED) is 0.413. The molecule has 0 bridgehead atoms. The first kappa shape index (κ1) is 19.2. The van der Waals surface area contributed by atoms with Crippen LogP contribution in [0, 0.1) is 6.92 Å². The predicted molar refractivity (Wildman–Crippen MR) is 115 cm³/mol. The number of aryl methyl sites for hydroxylation is 1. The van der Waals surface area contributed by atoms with Gasteiger partial charge in [0.15, 0.2) is 11.5 Å². The monoisotopic (exact) mass is 433 g/mol. The van der Waals surface area contributed by atoms with E-state index in [9.17, 15) is 14.7 Å². The van der Waals surface area contributed by atoms with Crippen molar-refractivity contribution in [2.24, 2.45) is 0 Å². The first-order chi connectivity index (χ1) is 14.9. The second-order valence-corrected chi connectivity index (χ2v) is 7.75. The van der Waals surface area contributed by atoms with Gasteiger partial charge >= 0.3 is 0 Å². The number of anilines is 1. The van der Waals surface area contributed by atoms with E-state index >= 15 is 0 Å². The van der Waals surface area contributed by atoms with E-state index in [0.29, 0.717) is 27.4 Å². The Balaban J connectivity index is 1.63. The summed E-state index contributed by atoms with van der Waals surface area (Å²) in [6.45, 7) is 1.93. The van der Waals surface area contributed by atoms with Crippen LogP contribution in [0.4, 0.5) is 5.69 Å². The fourth-order valence-electron chi connectivity index (χ4n) is 3.78. The van der Waals surface area contributed by atoms with Gasteiger partial charge in [0.05, 0.1) is 11.8 Å². The Hall–Kier alpha value is -3.77. The SMILES string of the molecule is Cc1ccc(N2C(=O)C(O)=C(C(=O)c3cc4cc(Cl)ccc4o3)C2c2ccco2)cc1. The van der Waals surface area contributed by atoms with E-state index in [1.807, 2.05) is 19.1 Å². The number of benzene rings is 2. The molecular weight excluding hydrogens is 418 g/mol. The van der Waals surface area contributed by atoms with Crippen molar-refractivity contribution >= 4 is 39.9 Å². The molecule has 154 valence electrons. The lowest BCUT2D eigenvalue weighted by molar-refractivity contribution is -0.117. The van der Waals surface area contributed by atoms with Crippen molar-refractivity contribution in [2.45, 2.75) is 13.0 Å². The number of nitrogens with zero attached hydrogens (tertiary/aromatic N) is 1. The van der Waals surface area contributed by atoms with E-state index in [2.05, 4.69) is 0 Å². The minimum absolute atomic E-state index is 0.00562. The number of hydrogen-bond donors (Lipinski definition) is 1. The van der Waals surface area contributed by atoms with Gasteiger partial charge in [0.1, 0.15) is 17.4 Å². The van der Waals surface area contributed by atoms with E-state index in [0.717, 1.165) is 5.56 Å². The molecule has 0 saturated carbocycles. The van der Waals surface area contributed by atoms with Gasteiger partial charge in [-0.2, -0.15) is 0 Å². The van der Waals surface area contributed by atoms with Gasteiger partial charge in [0, 0.05) is 16.1 Å². The van der Waals surface area contributed by atoms with Crippen molar-refractivity contribution in [3.8, 4) is 0 Å². The zero-order valence-electron chi connectivity index (χ0n) is 16.3. The minimum Gasteiger partial charge on any atom is -0.503 e. The van der Waals surface area contributed by atoms with Crippen molar-refractivity contribution in [1.29, 1.82) is 0 Å². The highest BCUT2D eigenvalue weighted by molar-refractivity contribution is 6.31. The van der Waals surface area contributed by atoms with Crippen molar-refractivity contribution in [2.75, 3.05) is 4.90 Å². The topological polar surface area (TPSA) is 83.9 Å². The Kier molecular flexibility index (Phi) is 4.45. The largest absolute Gasteiger partial charge is 0.503 e. The molecule has 6 nitrogen and oxygen atoms in total. The Bertz CT molecular complexity index is 1350. The lowest BCUT2D eigenvalue weighted by Gasteiger charge is -2.24. The van der Waals surface area contributed by atoms with Crippen LogP contribution in [0.1, 0.15) is 27.9 Å². The van der Waals surface area contributed by atoms with Crippen LogP contribution < -0.4 is 4.90 Å². The Morgan fingerprint density at radius 3 is 2.58 bits per heavy atom. The van der Waals surface area contributed by atoms with Gasteiger partial charge in [-0.3, -0.25) is 14.5 Å². The maximum absolute atomic E-state index is 13.4. The molecule has 1 amide bonds. The number of aliphatic hydroxyl groups excluding tert-OH is 1. The third-order valence-electron chi connectivity index (χ3n) is 5.28. The number of fused-ring (bicyclic) bond motifs is 1. The average Bonchev–Trinajstić information content (AvgIpc) is 3.47. The van der Waals surface area contributed by atoms with Crippen LogP contribution in [0.5, 0.6) is 0 Å². The number of rotatable bonds is 4. The number of carbonyl (C=O) groups is 2. The highest BCUT2D eigenvalue weighted by atomic mass is 35.5. The molecule has 31 heavy (non-hydrogen) atoms. The molecule has 2 aromatic carbocycles. The molecular formula is C24H16ClNO5. The first-order valence-electron chi connectivity index (χ1n) is 9.54. The van der Waals surface area contributed by atoms with Crippen LogP contribution in [0.2, 0.25) is 5.02 Å². The molecule has 0 radical (unpaired) electrons. The molecule has 0 fully saturated rings. The van der Waals surface area contributed by atoms with E-state index < -0.39 is 23.5 Å². The summed E-state index contributed by atoms with van der Waals surface area (Å²) in [5.74, 6) is -1.58. The number of furan rings is 2. The standard InChI is InChI=1S/C24H16ClNO5/c1-13-4-7-16(8-5-13)26-21(18-3-2-10-30-18)20(23(28)24(26)29)22(27)19-12-14-11-15(25)6-9-17(14)31-19/h2-12,21,28H,1H3. The van der Waals surface area contributed by atoms with Gasteiger partial charge in [0.25, 0.3) is 5.91 Å². The van der Waals surface area contributed by atoms with Crippen molar-refractivity contribution in [1.82, 2.24) is 0 Å². The molecule has 1 N–H and O–H groups in total. The van der Waals surface area contributed by atoms with Crippen LogP contribution in [-0.2, 0) is 4.79 Å². The Morgan fingerprint density at radius 2 is 1.87 bits per heavy atom. The number of ketones is 1. The third kappa shape index (κ3) is 3.12. The van der Waals surface area contributed by atoms with E-state index in [-0.39, 0.29) is 11.3 Å². The minimum atomic E-state index is -0.936. The van der Waals surface area contributed by atoms with Crippen LogP contribution >= 0.6 is 11.6 Å². The van der Waals surface area contributed by atoms with Crippen LogP contribution in [0.3, 0.4) is 0 Å². The maximum atomic E-state index is 13.4. The molecule has 5 rings (SSSR count). The van der Waals surface area contributed by atoms with Gasteiger partial charge in [-0.05, 0) is 55.5 Å². The number of halogens is 1. The molecule has 1 atom stereocenters. The molecule has 0 spiro atoms. The summed E-state index contributed by atoms with van der Waals surface area (Å²) in [4.78, 5) is 27.8. The molecule has 1 aliphatic rings. The van der Waals surface area contributed by atoms with Gasteiger partial charge < -0.3 is 13.9 Å². The molecule has 1 aliphatic heterocycles. The summed E-state index contributed by atoms with van der Waals surface area (Å²) in [5, 5.41) is 11.9. The summed E-state index contributed by atoms with van der Waals surface area (Å²) < 4.78 is 11.2. The van der Waals surface area contributed by atoms with Crippen molar-refractivity contribution < 1.29 is 23.5 Å². The van der Waals surface area contributed by atoms with E-state index in [4.69, 9.17) is 20.4 Å². The summed E-state index contributed by atoms with van der Waals surface area (Å²) in [6.07, 6.45) is 1.45. The average molecular weight is 434 g/mol. The summed E-state index contributed by atoms with van der Waals surface area (Å²) in [6, 6.07) is 16.1. The number of carbonyl (C=O) groups excluding carboxylic acids is 2. The van der Waals surface area contributed by atoms with E-state index in [1.165, 1.54) is 11.2 Å².